The Hall–Kier alpha value is -2.36. The number of Topliss-reactive ketones (excluding diaryl/α,β-unsaturated/α-hetero) is 1. The van der Waals surface area contributed by atoms with Crippen molar-refractivity contribution in [3.05, 3.63) is 51.2 Å². The number of hydrogen-bond donors (Lipinski definition) is 2. The maximum Gasteiger partial charge on any atom is 0.204 e. The van der Waals surface area contributed by atoms with Crippen molar-refractivity contribution in [2.24, 2.45) is 4.99 Å². The van der Waals surface area contributed by atoms with Gasteiger partial charge >= 0.3 is 0 Å². The summed E-state index contributed by atoms with van der Waals surface area (Å²) in [4.78, 5) is 20.1. The summed E-state index contributed by atoms with van der Waals surface area (Å²) in [5.74, 6) is -0.0939. The lowest BCUT2D eigenvalue weighted by molar-refractivity contribution is -0.111. The molecule has 1 aromatic rings. The molecule has 0 unspecified atom stereocenters. The van der Waals surface area contributed by atoms with Gasteiger partial charge in [0.05, 0.1) is 22.5 Å². The second kappa shape index (κ2) is 4.32. The van der Waals surface area contributed by atoms with E-state index in [0.29, 0.717) is 22.5 Å². The number of carbonyl (C=O) groups is 1. The summed E-state index contributed by atoms with van der Waals surface area (Å²) in [5, 5.41) is 10.4. The SMILES string of the molecule is CC1=N/C(=C2/C(=O)C(c3[nH]c(C)cc3C)=C2O)C(C)=C1C. The van der Waals surface area contributed by atoms with Crippen LogP contribution in [-0.4, -0.2) is 21.6 Å². The lowest BCUT2D eigenvalue weighted by atomic mass is 9.82. The van der Waals surface area contributed by atoms with Crippen LogP contribution in [0, 0.1) is 13.8 Å². The Morgan fingerprint density at radius 1 is 1.05 bits per heavy atom. The molecule has 0 saturated heterocycles. The minimum absolute atomic E-state index is 0.0468. The standard InChI is InChI=1S/C17H18N2O2/c1-7-6-8(2)18-14(7)12-16(20)13(17(12)21)15-10(4)9(3)11(5)19-15/h6,18,20H,1-5H3/b15-13+. The van der Waals surface area contributed by atoms with Gasteiger partial charge in [-0.3, -0.25) is 9.79 Å². The number of aliphatic hydroxyl groups is 1. The maximum absolute atomic E-state index is 12.5. The van der Waals surface area contributed by atoms with E-state index >= 15 is 0 Å². The van der Waals surface area contributed by atoms with Gasteiger partial charge in [0.15, 0.2) is 0 Å². The van der Waals surface area contributed by atoms with Crippen LogP contribution < -0.4 is 0 Å². The van der Waals surface area contributed by atoms with Gasteiger partial charge in [-0.2, -0.15) is 0 Å². The molecule has 4 heteroatoms. The lowest BCUT2D eigenvalue weighted by Gasteiger charge is -2.22. The third-order valence-corrected chi connectivity index (χ3v) is 4.30. The highest BCUT2D eigenvalue weighted by Gasteiger charge is 2.40. The number of nitrogens with one attached hydrogen (secondary N) is 1. The molecule has 2 heterocycles. The van der Waals surface area contributed by atoms with Crippen molar-refractivity contribution in [2.45, 2.75) is 34.6 Å². The summed E-state index contributed by atoms with van der Waals surface area (Å²) < 4.78 is 0. The molecular weight excluding hydrogens is 264 g/mol. The molecular formula is C17H18N2O2. The molecule has 2 N–H and O–H groups in total. The van der Waals surface area contributed by atoms with Crippen LogP contribution in [0.2, 0.25) is 0 Å². The fourth-order valence-corrected chi connectivity index (χ4v) is 2.87. The minimum Gasteiger partial charge on any atom is -0.506 e. The average molecular weight is 282 g/mol. The van der Waals surface area contributed by atoms with Crippen LogP contribution in [0.3, 0.4) is 0 Å². The summed E-state index contributed by atoms with van der Waals surface area (Å²) >= 11 is 0. The van der Waals surface area contributed by atoms with Gasteiger partial charge in [0.25, 0.3) is 0 Å². The van der Waals surface area contributed by atoms with Gasteiger partial charge < -0.3 is 10.1 Å². The number of aromatic amines is 1. The van der Waals surface area contributed by atoms with E-state index in [0.717, 1.165) is 28.1 Å². The number of aliphatic imine (C=N–C) groups is 1. The molecule has 3 rings (SSSR count). The summed E-state index contributed by atoms with van der Waals surface area (Å²) in [6.45, 7) is 9.67. The van der Waals surface area contributed by atoms with E-state index in [1.165, 1.54) is 0 Å². The predicted molar refractivity (Wildman–Crippen MR) is 83.3 cm³/mol. The van der Waals surface area contributed by atoms with Gasteiger partial charge in [-0.25, -0.2) is 0 Å². The lowest BCUT2D eigenvalue weighted by Crippen LogP contribution is -2.23. The molecule has 0 radical (unpaired) electrons. The van der Waals surface area contributed by atoms with Crippen LogP contribution in [-0.2, 0) is 4.79 Å². The number of aryl methyl sites for hydroxylation is 2. The third-order valence-electron chi connectivity index (χ3n) is 4.30. The van der Waals surface area contributed by atoms with Crippen LogP contribution in [0.1, 0.15) is 37.7 Å². The van der Waals surface area contributed by atoms with Crippen LogP contribution in [0.25, 0.3) is 5.57 Å². The Morgan fingerprint density at radius 2 is 1.71 bits per heavy atom. The molecule has 1 aliphatic carbocycles. The van der Waals surface area contributed by atoms with Crippen molar-refractivity contribution < 1.29 is 9.90 Å². The summed E-state index contributed by atoms with van der Waals surface area (Å²) in [6.07, 6.45) is 0. The zero-order chi connectivity index (χ0) is 15.5. The normalized spacial score (nSPS) is 22.1. The second-order valence-electron chi connectivity index (χ2n) is 5.73. The molecule has 1 aliphatic heterocycles. The van der Waals surface area contributed by atoms with Crippen molar-refractivity contribution in [1.82, 2.24) is 4.98 Å². The van der Waals surface area contributed by atoms with Gasteiger partial charge in [0.1, 0.15) is 5.76 Å². The summed E-state index contributed by atoms with van der Waals surface area (Å²) in [7, 11) is 0. The zero-order valence-electron chi connectivity index (χ0n) is 12.9. The van der Waals surface area contributed by atoms with Gasteiger partial charge in [-0.05, 0) is 57.4 Å². The first-order valence-electron chi connectivity index (χ1n) is 6.95. The molecule has 0 spiro atoms. The Labute approximate surface area is 123 Å². The largest absolute Gasteiger partial charge is 0.506 e. The third kappa shape index (κ3) is 1.75. The Balaban J connectivity index is 2.17. The van der Waals surface area contributed by atoms with E-state index in [1.807, 2.05) is 40.7 Å². The number of carbonyl (C=O) groups excluding carboxylic acids is 1. The number of allylic oxidation sites excluding steroid dienone is 4. The molecule has 2 aliphatic rings. The molecule has 21 heavy (non-hydrogen) atoms. The fraction of sp³-hybridized carbons (Fsp3) is 0.294. The molecule has 0 amide bonds. The number of hydrogen-bond acceptors (Lipinski definition) is 3. The van der Waals surface area contributed by atoms with Gasteiger partial charge in [0, 0.05) is 11.4 Å². The van der Waals surface area contributed by atoms with Crippen LogP contribution in [0.5, 0.6) is 0 Å². The van der Waals surface area contributed by atoms with Crippen molar-refractivity contribution in [1.29, 1.82) is 0 Å². The number of rotatable bonds is 1. The Kier molecular flexibility index (Phi) is 2.80. The molecule has 108 valence electrons. The molecule has 1 aromatic heterocycles. The molecule has 0 aromatic carbocycles. The van der Waals surface area contributed by atoms with E-state index in [-0.39, 0.29) is 11.5 Å². The highest BCUT2D eigenvalue weighted by molar-refractivity contribution is 6.39. The summed E-state index contributed by atoms with van der Waals surface area (Å²) in [6, 6.07) is 1.96. The molecule has 0 saturated carbocycles. The van der Waals surface area contributed by atoms with E-state index in [9.17, 15) is 9.90 Å². The van der Waals surface area contributed by atoms with Gasteiger partial charge in [-0.1, -0.05) is 0 Å². The fourth-order valence-electron chi connectivity index (χ4n) is 2.87. The number of aromatic nitrogens is 1. The monoisotopic (exact) mass is 282 g/mol. The first-order chi connectivity index (χ1) is 9.82. The molecule has 4 nitrogen and oxygen atoms in total. The first kappa shape index (κ1) is 13.6. The van der Waals surface area contributed by atoms with Crippen LogP contribution in [0.15, 0.2) is 39.2 Å². The van der Waals surface area contributed by atoms with E-state index in [1.54, 1.807) is 0 Å². The smallest absolute Gasteiger partial charge is 0.204 e. The van der Waals surface area contributed by atoms with Crippen molar-refractivity contribution in [3.8, 4) is 0 Å². The molecule has 0 fully saturated rings. The zero-order valence-corrected chi connectivity index (χ0v) is 12.9. The van der Waals surface area contributed by atoms with Crippen LogP contribution in [0.4, 0.5) is 0 Å². The predicted octanol–water partition coefficient (Wildman–Crippen LogP) is 3.55. The number of ketones is 1. The van der Waals surface area contributed by atoms with E-state index in [4.69, 9.17) is 0 Å². The van der Waals surface area contributed by atoms with Gasteiger partial charge in [-0.15, -0.1) is 0 Å². The van der Waals surface area contributed by atoms with E-state index in [2.05, 4.69) is 9.98 Å². The van der Waals surface area contributed by atoms with E-state index < -0.39 is 0 Å². The highest BCUT2D eigenvalue weighted by atomic mass is 16.3. The first-order valence-corrected chi connectivity index (χ1v) is 6.95. The minimum atomic E-state index is -0.141. The maximum atomic E-state index is 12.5. The number of nitrogens with zero attached hydrogens (tertiary/aromatic N) is 1. The quantitative estimate of drug-likeness (QED) is 0.774. The Morgan fingerprint density at radius 3 is 2.14 bits per heavy atom. The van der Waals surface area contributed by atoms with Crippen molar-refractivity contribution in [2.75, 3.05) is 0 Å². The summed E-state index contributed by atoms with van der Waals surface area (Å²) in [5.41, 5.74) is 6.88. The average Bonchev–Trinajstić information content (AvgIpc) is 2.85. The molecule has 0 atom stereocenters. The Bertz CT molecular complexity index is 814. The van der Waals surface area contributed by atoms with Crippen LogP contribution >= 0.6 is 0 Å². The van der Waals surface area contributed by atoms with Crippen molar-refractivity contribution in [3.63, 3.8) is 0 Å². The highest BCUT2D eigenvalue weighted by Crippen LogP contribution is 2.42. The van der Waals surface area contributed by atoms with Crippen molar-refractivity contribution >= 4 is 17.1 Å². The number of aliphatic hydroxyl groups excluding tert-OH is 1. The second-order valence-corrected chi connectivity index (χ2v) is 5.73. The molecule has 0 bridgehead atoms. The number of H-pyrrole nitrogens is 1. The van der Waals surface area contributed by atoms with Gasteiger partial charge in [0.2, 0.25) is 5.78 Å². The topological polar surface area (TPSA) is 65.5 Å².